The zero-order valence-electron chi connectivity index (χ0n) is 21.8. The van der Waals surface area contributed by atoms with Gasteiger partial charge >= 0.3 is 5.97 Å². The number of rotatable bonds is 13. The Hall–Kier alpha value is -2.49. The molecule has 0 aliphatic rings. The molecular weight excluding hydrogens is 408 g/mol. The molecule has 4 heteroatoms. The summed E-state index contributed by atoms with van der Waals surface area (Å²) in [6, 6.07) is 16.2. The van der Waals surface area contributed by atoms with Gasteiger partial charge in [0.25, 0.3) is 0 Å². The van der Waals surface area contributed by atoms with Crippen molar-refractivity contribution in [3.63, 3.8) is 0 Å². The van der Waals surface area contributed by atoms with E-state index in [0.29, 0.717) is 11.8 Å². The van der Waals surface area contributed by atoms with Gasteiger partial charge in [0.1, 0.15) is 5.41 Å². The lowest BCUT2D eigenvalue weighted by Gasteiger charge is -2.29. The Kier molecular flexibility index (Phi) is 9.82. The van der Waals surface area contributed by atoms with Crippen molar-refractivity contribution >= 4 is 17.3 Å². The minimum Gasteiger partial charge on any atom is -0.480 e. The maximum atomic E-state index is 12.5. The monoisotopic (exact) mass is 452 g/mol. The largest absolute Gasteiger partial charge is 0.480 e. The molecule has 1 N–H and O–H groups in total. The fourth-order valence-electron chi connectivity index (χ4n) is 4.19. The van der Waals surface area contributed by atoms with Crippen molar-refractivity contribution in [1.82, 2.24) is 0 Å². The first-order chi connectivity index (χ1) is 15.6. The van der Waals surface area contributed by atoms with Crippen LogP contribution in [-0.4, -0.2) is 37.3 Å². The fourth-order valence-corrected chi connectivity index (χ4v) is 4.19. The lowest BCUT2D eigenvalue weighted by Crippen LogP contribution is -2.34. The van der Waals surface area contributed by atoms with Gasteiger partial charge in [-0.15, -0.1) is 0 Å². The van der Waals surface area contributed by atoms with Gasteiger partial charge in [-0.1, -0.05) is 52.0 Å². The highest BCUT2D eigenvalue weighted by Gasteiger charge is 2.37. The second-order valence-electron chi connectivity index (χ2n) is 10.0. The van der Waals surface area contributed by atoms with Gasteiger partial charge in [-0.05, 0) is 80.8 Å². The summed E-state index contributed by atoms with van der Waals surface area (Å²) >= 11 is 0. The van der Waals surface area contributed by atoms with Crippen LogP contribution in [-0.2, 0) is 10.2 Å². The average molecular weight is 453 g/mol. The van der Waals surface area contributed by atoms with Crippen LogP contribution in [0.15, 0.2) is 48.5 Å². The van der Waals surface area contributed by atoms with Crippen molar-refractivity contribution in [3.8, 4) is 0 Å². The Morgan fingerprint density at radius 3 is 1.33 bits per heavy atom. The van der Waals surface area contributed by atoms with Crippen LogP contribution in [0.2, 0.25) is 0 Å². The Morgan fingerprint density at radius 2 is 1.09 bits per heavy atom. The van der Waals surface area contributed by atoms with Crippen molar-refractivity contribution in [2.45, 2.75) is 66.7 Å². The maximum absolute atomic E-state index is 12.5. The molecule has 0 bridgehead atoms. The van der Waals surface area contributed by atoms with Crippen molar-refractivity contribution in [2.75, 3.05) is 36.0 Å². The predicted molar refractivity (Wildman–Crippen MR) is 142 cm³/mol. The zero-order chi connectivity index (χ0) is 24.6. The summed E-state index contributed by atoms with van der Waals surface area (Å²) in [7, 11) is 0. The van der Waals surface area contributed by atoms with Gasteiger partial charge in [0.15, 0.2) is 0 Å². The van der Waals surface area contributed by atoms with E-state index in [2.05, 4.69) is 75.6 Å². The van der Waals surface area contributed by atoms with E-state index < -0.39 is 11.4 Å². The van der Waals surface area contributed by atoms with E-state index >= 15 is 0 Å². The summed E-state index contributed by atoms with van der Waals surface area (Å²) in [6.07, 6.45) is 2.28. The number of nitrogens with zero attached hydrogens (tertiary/aromatic N) is 2. The fraction of sp³-hybridized carbons (Fsp3) is 0.552. The summed E-state index contributed by atoms with van der Waals surface area (Å²) in [4.78, 5) is 17.2. The first-order valence-corrected chi connectivity index (χ1v) is 12.6. The highest BCUT2D eigenvalue weighted by atomic mass is 16.4. The Morgan fingerprint density at radius 1 is 0.758 bits per heavy atom. The van der Waals surface area contributed by atoms with Crippen LogP contribution in [0.4, 0.5) is 11.4 Å². The number of hydrogen-bond acceptors (Lipinski definition) is 3. The van der Waals surface area contributed by atoms with Crippen LogP contribution in [0.25, 0.3) is 0 Å². The van der Waals surface area contributed by atoms with E-state index in [9.17, 15) is 9.90 Å². The zero-order valence-corrected chi connectivity index (χ0v) is 21.8. The summed E-state index contributed by atoms with van der Waals surface area (Å²) in [6.45, 7) is 19.0. The van der Waals surface area contributed by atoms with E-state index in [-0.39, 0.29) is 0 Å². The smallest absolute Gasteiger partial charge is 0.318 e. The standard InChI is InChI=1S/C29H44N2O2/c1-8-30(20-18-22(3)4)26-14-10-24(11-15-26)29(7,28(32)33)25-12-16-27(17-13-25)31(9-2)21-19-23(5)6/h10-17,22-23H,8-9,18-21H2,1-7H3,(H,32,33). The van der Waals surface area contributed by atoms with Crippen molar-refractivity contribution in [3.05, 3.63) is 59.7 Å². The minimum absolute atomic E-state index is 0.658. The molecule has 0 aliphatic heterocycles. The van der Waals surface area contributed by atoms with Gasteiger partial charge in [-0.3, -0.25) is 4.79 Å². The topological polar surface area (TPSA) is 43.8 Å². The van der Waals surface area contributed by atoms with E-state index in [0.717, 1.165) is 61.5 Å². The molecule has 0 radical (unpaired) electrons. The molecule has 33 heavy (non-hydrogen) atoms. The first-order valence-electron chi connectivity index (χ1n) is 12.6. The molecule has 0 aliphatic carbocycles. The molecule has 0 fully saturated rings. The second kappa shape index (κ2) is 12.1. The molecule has 0 saturated carbocycles. The average Bonchev–Trinajstić information content (AvgIpc) is 2.79. The minimum atomic E-state index is -1.10. The number of carbonyl (C=O) groups is 1. The summed E-state index contributed by atoms with van der Waals surface area (Å²) in [5, 5.41) is 10.3. The highest BCUT2D eigenvalue weighted by Crippen LogP contribution is 2.35. The number of carboxylic acids is 1. The molecule has 0 spiro atoms. The maximum Gasteiger partial charge on any atom is 0.318 e. The predicted octanol–water partition coefficient (Wildman–Crippen LogP) is 6.82. The molecule has 2 aromatic carbocycles. The molecule has 0 saturated heterocycles. The van der Waals surface area contributed by atoms with E-state index in [4.69, 9.17) is 0 Å². The number of hydrogen-bond donors (Lipinski definition) is 1. The van der Waals surface area contributed by atoms with Crippen LogP contribution in [0.5, 0.6) is 0 Å². The van der Waals surface area contributed by atoms with Crippen molar-refractivity contribution in [1.29, 1.82) is 0 Å². The molecule has 2 rings (SSSR count). The molecular formula is C29H44N2O2. The molecule has 182 valence electrons. The Labute approximate surface area is 201 Å². The molecule has 2 aromatic rings. The van der Waals surface area contributed by atoms with Crippen LogP contribution >= 0.6 is 0 Å². The normalized spacial score (nSPS) is 11.8. The third-order valence-electron chi connectivity index (χ3n) is 6.76. The van der Waals surface area contributed by atoms with Crippen LogP contribution in [0.1, 0.15) is 72.4 Å². The molecule has 0 atom stereocenters. The number of carboxylic acid groups (broad SMARTS) is 1. The molecule has 0 aromatic heterocycles. The summed E-state index contributed by atoms with van der Waals surface area (Å²) in [5.74, 6) is 0.485. The molecule has 0 amide bonds. The van der Waals surface area contributed by atoms with Crippen LogP contribution < -0.4 is 9.80 Å². The third kappa shape index (κ3) is 6.75. The number of benzene rings is 2. The van der Waals surface area contributed by atoms with Crippen molar-refractivity contribution < 1.29 is 9.90 Å². The van der Waals surface area contributed by atoms with Gasteiger partial charge < -0.3 is 14.9 Å². The number of aliphatic carboxylic acids is 1. The number of anilines is 2. The summed E-state index contributed by atoms with van der Waals surface area (Å²) in [5.41, 5.74) is 2.81. The Balaban J connectivity index is 2.29. The van der Waals surface area contributed by atoms with Crippen LogP contribution in [0, 0.1) is 11.8 Å². The molecule has 0 unspecified atom stereocenters. The SMILES string of the molecule is CCN(CCC(C)C)c1ccc(C(C)(C(=O)O)c2ccc(N(CC)CCC(C)C)cc2)cc1. The lowest BCUT2D eigenvalue weighted by atomic mass is 9.76. The van der Waals surface area contributed by atoms with Crippen molar-refractivity contribution in [2.24, 2.45) is 11.8 Å². The van der Waals surface area contributed by atoms with E-state index in [1.54, 1.807) is 0 Å². The van der Waals surface area contributed by atoms with Gasteiger partial charge in [0, 0.05) is 37.6 Å². The third-order valence-corrected chi connectivity index (χ3v) is 6.76. The van der Waals surface area contributed by atoms with Gasteiger partial charge in [-0.2, -0.15) is 0 Å². The van der Waals surface area contributed by atoms with Crippen LogP contribution in [0.3, 0.4) is 0 Å². The Bertz CT molecular complexity index is 793. The van der Waals surface area contributed by atoms with E-state index in [1.165, 1.54) is 0 Å². The van der Waals surface area contributed by atoms with Gasteiger partial charge in [0.2, 0.25) is 0 Å². The van der Waals surface area contributed by atoms with Gasteiger partial charge in [0.05, 0.1) is 0 Å². The second-order valence-corrected chi connectivity index (χ2v) is 10.0. The van der Waals surface area contributed by atoms with E-state index in [1.807, 2.05) is 31.2 Å². The van der Waals surface area contributed by atoms with Gasteiger partial charge in [-0.25, -0.2) is 0 Å². The summed E-state index contributed by atoms with van der Waals surface area (Å²) < 4.78 is 0. The first kappa shape index (κ1) is 26.8. The molecule has 4 nitrogen and oxygen atoms in total. The molecule has 0 heterocycles. The quantitative estimate of drug-likeness (QED) is 0.362. The lowest BCUT2D eigenvalue weighted by molar-refractivity contribution is -0.141. The highest BCUT2D eigenvalue weighted by molar-refractivity contribution is 5.86.